The molecule has 1 rings (SSSR count). The monoisotopic (exact) mass is 210 g/mol. The smallest absolute Gasteiger partial charge is 0.0263 e. The molecular weight excluding hydrogens is 202 g/mol. The Morgan fingerprint density at radius 1 is 1.00 bits per heavy atom. The van der Waals surface area contributed by atoms with Gasteiger partial charge in [-0.1, -0.05) is 30.3 Å². The first kappa shape index (κ1) is 11.1. The molecule has 0 atom stereocenters. The van der Waals surface area contributed by atoms with E-state index in [0.717, 1.165) is 6.42 Å². The Kier molecular flexibility index (Phi) is 8.26. The fraction of sp³-hybridized carbons (Fsp3) is 0.250. The number of rotatable bonds is 2. The van der Waals surface area contributed by atoms with E-state index >= 15 is 0 Å². The zero-order valence-electron chi connectivity index (χ0n) is 5.93. The lowest BCUT2D eigenvalue weighted by molar-refractivity contribution is 1.15. The van der Waals surface area contributed by atoms with Gasteiger partial charge >= 0.3 is 0 Å². The minimum absolute atomic E-state index is 0.712. The van der Waals surface area contributed by atoms with Crippen molar-refractivity contribution in [1.82, 2.24) is 0 Å². The van der Waals surface area contributed by atoms with Gasteiger partial charge in [0.25, 0.3) is 0 Å². The van der Waals surface area contributed by atoms with Crippen molar-refractivity contribution >= 4 is 33.3 Å². The van der Waals surface area contributed by atoms with Crippen LogP contribution in [-0.2, 0) is 6.42 Å². The molecule has 0 saturated heterocycles. The molecule has 3 heteroatoms. The minimum atomic E-state index is 0.712. The first-order chi connectivity index (χ1) is 5.43. The standard InChI is InChI=1S/C8H9Cl.Cl2/c9-7-6-8-4-2-1-3-5-8;1-2/h1-5H,6-7H2;. The van der Waals surface area contributed by atoms with Crippen molar-refractivity contribution in [1.29, 1.82) is 0 Å². The molecule has 0 fully saturated rings. The average molecular weight is 212 g/mol. The van der Waals surface area contributed by atoms with Crippen LogP contribution < -0.4 is 0 Å². The van der Waals surface area contributed by atoms with Crippen LogP contribution in [0, 0.1) is 0 Å². The second-order valence-electron chi connectivity index (χ2n) is 1.92. The maximum Gasteiger partial charge on any atom is 0.0263 e. The molecular formula is C8H9Cl3. The highest BCUT2D eigenvalue weighted by molar-refractivity contribution is 6.85. The van der Waals surface area contributed by atoms with Gasteiger partial charge in [-0.05, 0) is 12.0 Å². The summed E-state index contributed by atoms with van der Waals surface area (Å²) in [5.74, 6) is 0.712. The Bertz CT molecular complexity index is 162. The van der Waals surface area contributed by atoms with Crippen molar-refractivity contribution in [3.05, 3.63) is 35.9 Å². The van der Waals surface area contributed by atoms with E-state index in [9.17, 15) is 0 Å². The second-order valence-corrected chi connectivity index (χ2v) is 2.30. The first-order valence-electron chi connectivity index (χ1n) is 3.17. The van der Waals surface area contributed by atoms with Crippen molar-refractivity contribution in [3.63, 3.8) is 0 Å². The fourth-order valence-electron chi connectivity index (χ4n) is 0.754. The van der Waals surface area contributed by atoms with E-state index < -0.39 is 0 Å². The molecule has 0 nitrogen and oxygen atoms in total. The predicted molar refractivity (Wildman–Crippen MR) is 52.6 cm³/mol. The maximum absolute atomic E-state index is 5.54. The van der Waals surface area contributed by atoms with Crippen molar-refractivity contribution in [3.8, 4) is 0 Å². The third-order valence-electron chi connectivity index (χ3n) is 1.23. The van der Waals surface area contributed by atoms with Gasteiger partial charge in [-0.2, -0.15) is 0 Å². The van der Waals surface area contributed by atoms with E-state index in [2.05, 4.69) is 33.8 Å². The lowest BCUT2D eigenvalue weighted by Gasteiger charge is -1.92. The number of halogens is 3. The van der Waals surface area contributed by atoms with Crippen LogP contribution in [0.25, 0.3) is 0 Å². The lowest BCUT2D eigenvalue weighted by atomic mass is 10.2. The highest BCUT2D eigenvalue weighted by atomic mass is 36.5. The summed E-state index contributed by atoms with van der Waals surface area (Å²) in [4.78, 5) is 0. The quantitative estimate of drug-likeness (QED) is 0.652. The number of aryl methyl sites for hydroxylation is 1. The average Bonchev–Trinajstić information content (AvgIpc) is 2.11. The van der Waals surface area contributed by atoms with Crippen LogP contribution in [0.4, 0.5) is 0 Å². The number of hydrogen-bond donors (Lipinski definition) is 0. The van der Waals surface area contributed by atoms with Crippen LogP contribution in [0.5, 0.6) is 0 Å². The third kappa shape index (κ3) is 5.37. The molecule has 0 saturated carbocycles. The van der Waals surface area contributed by atoms with Gasteiger partial charge in [0.15, 0.2) is 0 Å². The molecule has 1 aromatic rings. The van der Waals surface area contributed by atoms with Crippen LogP contribution in [0.1, 0.15) is 5.56 Å². The molecule has 0 heterocycles. The fourth-order valence-corrected chi connectivity index (χ4v) is 0.972. The SMILES string of the molecule is ClCCc1ccccc1.ClCl. The van der Waals surface area contributed by atoms with Gasteiger partial charge in [-0.15, -0.1) is 11.6 Å². The summed E-state index contributed by atoms with van der Waals surface area (Å²) in [6.45, 7) is 0. The third-order valence-corrected chi connectivity index (χ3v) is 1.41. The normalized spacial score (nSPS) is 8.27. The zero-order valence-corrected chi connectivity index (χ0v) is 8.20. The molecule has 11 heavy (non-hydrogen) atoms. The maximum atomic E-state index is 5.54. The summed E-state index contributed by atoms with van der Waals surface area (Å²) in [6, 6.07) is 10.2. The molecule has 0 spiro atoms. The highest BCUT2D eigenvalue weighted by Crippen LogP contribution is 1.99. The van der Waals surface area contributed by atoms with E-state index in [4.69, 9.17) is 11.6 Å². The Morgan fingerprint density at radius 2 is 1.55 bits per heavy atom. The largest absolute Gasteiger partial charge is 0.126 e. The van der Waals surface area contributed by atoms with Crippen molar-refractivity contribution < 1.29 is 0 Å². The van der Waals surface area contributed by atoms with Gasteiger partial charge in [0.05, 0.1) is 0 Å². The van der Waals surface area contributed by atoms with E-state index in [1.165, 1.54) is 5.56 Å². The van der Waals surface area contributed by atoms with Crippen molar-refractivity contribution in [2.24, 2.45) is 0 Å². The number of alkyl halides is 1. The summed E-state index contributed by atoms with van der Waals surface area (Å²) in [6.07, 6.45) is 0.975. The molecule has 0 amide bonds. The molecule has 0 aliphatic heterocycles. The Labute approximate surface area is 81.7 Å². The minimum Gasteiger partial charge on any atom is -0.126 e. The van der Waals surface area contributed by atoms with Gasteiger partial charge in [0.2, 0.25) is 0 Å². The molecule has 0 N–H and O–H groups in total. The van der Waals surface area contributed by atoms with E-state index in [0.29, 0.717) is 5.88 Å². The number of hydrogen-bond acceptors (Lipinski definition) is 0. The zero-order chi connectivity index (χ0) is 8.53. The van der Waals surface area contributed by atoms with Gasteiger partial charge < -0.3 is 0 Å². The summed E-state index contributed by atoms with van der Waals surface area (Å²) >= 11 is 5.54. The van der Waals surface area contributed by atoms with Crippen LogP contribution in [0.15, 0.2) is 30.3 Å². The molecule has 0 aliphatic rings. The number of benzene rings is 1. The summed E-state index contributed by atoms with van der Waals surface area (Å²) in [5.41, 5.74) is 1.31. The van der Waals surface area contributed by atoms with Gasteiger partial charge in [-0.25, -0.2) is 0 Å². The van der Waals surface area contributed by atoms with Crippen molar-refractivity contribution in [2.75, 3.05) is 5.88 Å². The summed E-state index contributed by atoms with van der Waals surface area (Å²) in [5, 5.41) is 0. The van der Waals surface area contributed by atoms with Crippen LogP contribution in [0.3, 0.4) is 0 Å². The Balaban J connectivity index is 0.000000461. The Morgan fingerprint density at radius 3 is 2.00 bits per heavy atom. The summed E-state index contributed by atoms with van der Waals surface area (Å²) in [7, 11) is 8.22. The second kappa shape index (κ2) is 8.19. The molecule has 0 radical (unpaired) electrons. The van der Waals surface area contributed by atoms with Crippen LogP contribution >= 0.6 is 33.3 Å². The van der Waals surface area contributed by atoms with Crippen LogP contribution in [0.2, 0.25) is 0 Å². The predicted octanol–water partition coefficient (Wildman–Crippen LogP) is 3.85. The van der Waals surface area contributed by atoms with Gasteiger partial charge in [0.1, 0.15) is 0 Å². The molecule has 0 unspecified atom stereocenters. The highest BCUT2D eigenvalue weighted by Gasteiger charge is 1.85. The molecule has 0 bridgehead atoms. The van der Waals surface area contributed by atoms with E-state index in [1.54, 1.807) is 0 Å². The first-order valence-corrected chi connectivity index (χ1v) is 4.85. The van der Waals surface area contributed by atoms with Gasteiger partial charge in [-0.3, -0.25) is 0 Å². The van der Waals surface area contributed by atoms with Crippen molar-refractivity contribution in [2.45, 2.75) is 6.42 Å². The van der Waals surface area contributed by atoms with E-state index in [-0.39, 0.29) is 0 Å². The molecule has 0 aromatic heterocycles. The topological polar surface area (TPSA) is 0 Å². The van der Waals surface area contributed by atoms with Gasteiger partial charge in [0, 0.05) is 27.6 Å². The summed E-state index contributed by atoms with van der Waals surface area (Å²) < 4.78 is 0. The molecule has 62 valence electrons. The lowest BCUT2D eigenvalue weighted by Crippen LogP contribution is -1.82. The molecule has 0 aliphatic carbocycles. The van der Waals surface area contributed by atoms with E-state index in [1.807, 2.05) is 18.2 Å². The Hall–Kier alpha value is 0.0900. The van der Waals surface area contributed by atoms with Crippen LogP contribution in [-0.4, -0.2) is 5.88 Å². The molecule has 1 aromatic carbocycles.